The smallest absolute Gasteiger partial charge is 0.332 e. The Morgan fingerprint density at radius 1 is 0.558 bits per heavy atom. The minimum Gasteiger partial charge on any atom is -0.455 e. The van der Waals surface area contributed by atoms with Gasteiger partial charge in [0.05, 0.1) is 22.3 Å². The zero-order valence-electron chi connectivity index (χ0n) is 28.0. The molecule has 0 amide bonds. The number of hydrogen-bond donors (Lipinski definition) is 0. The Morgan fingerprint density at radius 3 is 2.04 bits per heavy atom. The number of rotatable bonds is 3. The number of aromatic nitrogens is 2. The van der Waals surface area contributed by atoms with Gasteiger partial charge in [0.15, 0.2) is 0 Å². The number of nitrogens with zero attached hydrogens (tertiary/aromatic N) is 3. The highest BCUT2D eigenvalue weighted by Gasteiger charge is 2.42. The average Bonchev–Trinajstić information content (AvgIpc) is 3.60. The highest BCUT2D eigenvalue weighted by atomic mass is 16.3. The molecule has 2 aromatic heterocycles. The van der Waals surface area contributed by atoms with Crippen molar-refractivity contribution in [2.75, 3.05) is 4.81 Å². The van der Waals surface area contributed by atoms with Crippen LogP contribution in [0.15, 0.2) is 168 Å². The van der Waals surface area contributed by atoms with E-state index >= 15 is 0 Å². The normalized spacial score (nSPS) is 12.6. The van der Waals surface area contributed by atoms with Crippen LogP contribution in [0.25, 0.3) is 76.8 Å². The van der Waals surface area contributed by atoms with Crippen molar-refractivity contribution in [1.82, 2.24) is 9.97 Å². The van der Waals surface area contributed by atoms with E-state index in [1.165, 1.54) is 21.8 Å². The third kappa shape index (κ3) is 4.18. The molecule has 6 heteroatoms. The van der Waals surface area contributed by atoms with Crippen molar-refractivity contribution in [2.24, 2.45) is 0 Å². The molecule has 0 saturated carbocycles. The number of benzene rings is 8. The summed E-state index contributed by atoms with van der Waals surface area (Å²) in [4.78, 5) is 13.3. The zero-order chi connectivity index (χ0) is 34.3. The fraction of sp³-hybridized carbons (Fsp3) is 0. The molecular weight excluding hydrogens is 632 g/mol. The van der Waals surface area contributed by atoms with Crippen LogP contribution in [0, 0.1) is 0 Å². The number of hydrogen-bond acceptors (Lipinski definition) is 4. The van der Waals surface area contributed by atoms with Gasteiger partial charge in [-0.2, -0.15) is 0 Å². The van der Waals surface area contributed by atoms with Crippen LogP contribution in [-0.4, -0.2) is 24.7 Å². The van der Waals surface area contributed by atoms with Gasteiger partial charge >= 0.3 is 6.85 Å². The van der Waals surface area contributed by atoms with Crippen LogP contribution in [0.2, 0.25) is 0 Å². The fourth-order valence-corrected chi connectivity index (χ4v) is 8.37. The molecule has 0 saturated heterocycles. The average molecular weight is 659 g/mol. The van der Waals surface area contributed by atoms with E-state index in [2.05, 4.69) is 126 Å². The first-order valence-electron chi connectivity index (χ1n) is 17.6. The number of furan rings is 1. The van der Waals surface area contributed by atoms with E-state index in [0.717, 1.165) is 71.6 Å². The highest BCUT2D eigenvalue weighted by Crippen LogP contribution is 2.51. The second kappa shape index (κ2) is 11.2. The Hall–Kier alpha value is -6.65. The summed E-state index contributed by atoms with van der Waals surface area (Å²) in [6, 6.07) is 57.2. The van der Waals surface area contributed by atoms with E-state index < -0.39 is 0 Å². The lowest BCUT2D eigenvalue weighted by Gasteiger charge is -2.39. The Morgan fingerprint density at radius 2 is 1.21 bits per heavy atom. The quantitative estimate of drug-likeness (QED) is 0.178. The topological polar surface area (TPSA) is 42.2 Å². The Kier molecular flexibility index (Phi) is 6.26. The van der Waals surface area contributed by atoms with E-state index in [9.17, 15) is 0 Å². The van der Waals surface area contributed by atoms with Crippen molar-refractivity contribution in [3.63, 3.8) is 0 Å². The maximum atomic E-state index is 6.81. The molecule has 52 heavy (non-hydrogen) atoms. The van der Waals surface area contributed by atoms with Gasteiger partial charge in [0.2, 0.25) is 5.95 Å². The van der Waals surface area contributed by atoms with Crippen molar-refractivity contribution in [3.8, 4) is 22.4 Å². The largest absolute Gasteiger partial charge is 0.455 e. The van der Waals surface area contributed by atoms with Crippen LogP contribution in [0.5, 0.6) is 0 Å². The van der Waals surface area contributed by atoms with Gasteiger partial charge in [-0.25, -0.2) is 9.97 Å². The first-order chi connectivity index (χ1) is 25.7. The summed E-state index contributed by atoms with van der Waals surface area (Å²) in [7, 11) is 6.68. The lowest BCUT2D eigenvalue weighted by molar-refractivity contribution is 0.672. The molecule has 0 unspecified atom stereocenters. The van der Waals surface area contributed by atoms with Crippen molar-refractivity contribution in [3.05, 3.63) is 164 Å². The molecule has 11 rings (SSSR count). The van der Waals surface area contributed by atoms with E-state index in [4.69, 9.17) is 22.2 Å². The van der Waals surface area contributed by atoms with Crippen LogP contribution in [0.1, 0.15) is 0 Å². The summed E-state index contributed by atoms with van der Waals surface area (Å²) in [5.74, 6) is 0.590. The number of para-hydroxylation sites is 2. The monoisotopic (exact) mass is 659 g/mol. The minimum atomic E-state index is -0.270. The zero-order valence-corrected chi connectivity index (χ0v) is 28.0. The highest BCUT2D eigenvalue weighted by molar-refractivity contribution is 6.91. The second-order valence-corrected chi connectivity index (χ2v) is 13.5. The van der Waals surface area contributed by atoms with Crippen LogP contribution in [0.4, 0.5) is 11.6 Å². The lowest BCUT2D eigenvalue weighted by atomic mass is 9.45. The summed E-state index contributed by atoms with van der Waals surface area (Å²) < 4.78 is 6.81. The molecule has 0 aliphatic carbocycles. The molecule has 238 valence electrons. The molecule has 0 bridgehead atoms. The van der Waals surface area contributed by atoms with E-state index in [0.29, 0.717) is 11.4 Å². The van der Waals surface area contributed by atoms with E-state index in [-0.39, 0.29) is 6.85 Å². The van der Waals surface area contributed by atoms with Gasteiger partial charge in [-0.05, 0) is 50.9 Å². The van der Waals surface area contributed by atoms with Crippen LogP contribution in [0.3, 0.4) is 0 Å². The van der Waals surface area contributed by atoms with Crippen molar-refractivity contribution in [1.29, 1.82) is 0 Å². The van der Waals surface area contributed by atoms with Gasteiger partial charge in [-0.1, -0.05) is 157 Å². The molecule has 1 aliphatic rings. The van der Waals surface area contributed by atoms with Gasteiger partial charge in [0.25, 0.3) is 0 Å². The molecule has 4 nitrogen and oxygen atoms in total. The number of anilines is 2. The molecule has 10 aromatic rings. The Bertz CT molecular complexity index is 3070. The van der Waals surface area contributed by atoms with E-state index in [1.807, 2.05) is 42.5 Å². The van der Waals surface area contributed by atoms with Crippen molar-refractivity contribution < 1.29 is 4.42 Å². The SMILES string of the molecule is [B]c1ccccc1-c1nc(N2B(c3ccccc3)c3cc4ccccc4cc3-c3c2c2c4ccccc4oc2c2ccccc32)nc2ccccc12. The molecule has 0 fully saturated rings. The van der Waals surface area contributed by atoms with E-state index in [1.54, 1.807) is 0 Å². The molecule has 0 spiro atoms. The predicted octanol–water partition coefficient (Wildman–Crippen LogP) is 9.22. The maximum Gasteiger partial charge on any atom is 0.332 e. The van der Waals surface area contributed by atoms with Crippen LogP contribution in [-0.2, 0) is 0 Å². The molecular formula is C46H27B2N3O. The third-order valence-electron chi connectivity index (χ3n) is 10.6. The summed E-state index contributed by atoms with van der Waals surface area (Å²) in [6.45, 7) is -0.270. The van der Waals surface area contributed by atoms with Gasteiger partial charge in [-0.15, -0.1) is 0 Å². The molecule has 0 N–H and O–H groups in total. The summed E-state index contributed by atoms with van der Waals surface area (Å²) in [6.07, 6.45) is 0. The van der Waals surface area contributed by atoms with Crippen molar-refractivity contribution >= 4 is 97.1 Å². The minimum absolute atomic E-state index is 0.270. The summed E-state index contributed by atoms with van der Waals surface area (Å²) in [5.41, 5.74) is 10.6. The molecule has 1 aliphatic heterocycles. The second-order valence-electron chi connectivity index (χ2n) is 13.5. The Balaban J connectivity index is 1.37. The number of fused-ring (bicyclic) bond motifs is 12. The van der Waals surface area contributed by atoms with Crippen molar-refractivity contribution in [2.45, 2.75) is 0 Å². The first-order valence-corrected chi connectivity index (χ1v) is 17.6. The lowest BCUT2D eigenvalue weighted by Crippen LogP contribution is -2.58. The van der Waals surface area contributed by atoms with Gasteiger partial charge in [0.1, 0.15) is 19.0 Å². The summed E-state index contributed by atoms with van der Waals surface area (Å²) in [5, 5.41) is 7.60. The molecule has 8 aromatic carbocycles. The van der Waals surface area contributed by atoms with Gasteiger partial charge < -0.3 is 9.23 Å². The van der Waals surface area contributed by atoms with Gasteiger partial charge in [-0.3, -0.25) is 0 Å². The Labute approximate surface area is 301 Å². The first kappa shape index (κ1) is 29.1. The molecule has 2 radical (unpaired) electrons. The third-order valence-corrected chi connectivity index (χ3v) is 10.6. The fourth-order valence-electron chi connectivity index (χ4n) is 8.37. The van der Waals surface area contributed by atoms with Gasteiger partial charge in [0, 0.05) is 21.7 Å². The molecule has 3 heterocycles. The predicted molar refractivity (Wildman–Crippen MR) is 218 cm³/mol. The van der Waals surface area contributed by atoms with Crippen LogP contribution < -0.4 is 21.2 Å². The maximum absolute atomic E-state index is 6.81. The summed E-state index contributed by atoms with van der Waals surface area (Å²) >= 11 is 0. The molecule has 0 atom stereocenters. The standard InChI is InChI=1S/C46H27B2N3O/c47-37-23-11-8-20-33(37)43-34-21-9-12-24-39(34)49-46(50-43)51-44-41(31-18-6-7-19-32(31)45-42(44)35-22-10-13-25-40(35)52-45)36-26-28-14-4-5-15-29(28)27-38(36)48(51)30-16-2-1-3-17-30/h1-27H. The van der Waals surface area contributed by atoms with Crippen LogP contribution >= 0.6 is 0 Å².